The molecule has 0 radical (unpaired) electrons. The first-order valence-electron chi connectivity index (χ1n) is 14.8. The summed E-state index contributed by atoms with van der Waals surface area (Å²) in [5, 5.41) is 0. The minimum atomic E-state index is -1.00. The van der Waals surface area contributed by atoms with Gasteiger partial charge in [0.2, 0.25) is 0 Å². The maximum atomic E-state index is 12.3. The summed E-state index contributed by atoms with van der Waals surface area (Å²) < 4.78 is 17.4. The topological polar surface area (TPSA) is 40.6 Å². The van der Waals surface area contributed by atoms with Crippen LogP contribution in [0.1, 0.15) is 72.0 Å². The third-order valence-corrected chi connectivity index (χ3v) is 7.92. The fraction of sp³-hybridized carbons (Fsp3) is 0.257. The molecule has 2 aliphatic heterocycles. The zero-order valence-electron chi connectivity index (χ0n) is 26.3. The number of amides is 2. The molecular formula is C35H39Br2CuFIN2O2. The number of alkyl halides is 1. The average molecular weight is 890 g/mol. The molecule has 0 atom stereocenters. The van der Waals surface area contributed by atoms with Crippen LogP contribution in [0.3, 0.4) is 0 Å². The maximum absolute atomic E-state index is 12.3. The van der Waals surface area contributed by atoms with Crippen molar-refractivity contribution in [3.8, 4) is 0 Å². The van der Waals surface area contributed by atoms with E-state index in [9.17, 15) is 14.0 Å². The van der Waals surface area contributed by atoms with Crippen LogP contribution in [-0.4, -0.2) is 28.8 Å². The number of hydrogen-bond acceptors (Lipinski definition) is 2. The van der Waals surface area contributed by atoms with Crippen LogP contribution in [0.15, 0.2) is 102 Å². The van der Waals surface area contributed by atoms with Crippen molar-refractivity contribution in [1.29, 1.82) is 0 Å². The van der Waals surface area contributed by atoms with Crippen molar-refractivity contribution in [3.63, 3.8) is 0 Å². The Morgan fingerprint density at radius 2 is 1.09 bits per heavy atom. The minimum absolute atomic E-state index is 0.112. The Balaban J connectivity index is 0.000000360. The molecule has 6 rings (SSSR count). The van der Waals surface area contributed by atoms with Crippen LogP contribution in [0.5, 0.6) is 0 Å². The second-order valence-corrected chi connectivity index (χ2v) is 10.9. The quantitative estimate of drug-likeness (QED) is 0.151. The number of halogens is 4. The number of fused-ring (bicyclic) bond motifs is 2. The van der Waals surface area contributed by atoms with Crippen LogP contribution in [0.2, 0.25) is 0 Å². The van der Waals surface area contributed by atoms with Crippen LogP contribution < -0.4 is 0 Å². The summed E-state index contributed by atoms with van der Waals surface area (Å²) in [6.45, 7) is 10.8. The van der Waals surface area contributed by atoms with Gasteiger partial charge in [0.1, 0.15) is 0 Å². The van der Waals surface area contributed by atoms with E-state index in [-0.39, 0.29) is 11.8 Å². The van der Waals surface area contributed by atoms with E-state index in [0.29, 0.717) is 19.6 Å². The van der Waals surface area contributed by atoms with E-state index in [4.69, 9.17) is 1.37 Å². The summed E-state index contributed by atoms with van der Waals surface area (Å²) in [5.41, 5.74) is 6.28. The first-order chi connectivity index (χ1) is 21.9. The number of benzene rings is 4. The van der Waals surface area contributed by atoms with Gasteiger partial charge in [0, 0.05) is 34.2 Å². The van der Waals surface area contributed by atoms with E-state index in [2.05, 4.69) is 79.0 Å². The second kappa shape index (κ2) is 22.5. The Bertz CT molecular complexity index is 1340. The number of rotatable bonds is 4. The molecule has 0 N–H and O–H groups in total. The standard InChI is InChI=1S/C15H12BrNO.C15H12INO.2C2H6.CH3F.BrH.Cu/c2*16-13-8-4-7-12-10-17(15(18)14(12)13)9-11-5-2-1-3-6-11;3*1-2;;/h2*1-8H,9-10H2;2*1-2H3;1H3;1H;/q;;;;;;+1/p-1/i;;;;1D;;. The van der Waals surface area contributed by atoms with E-state index in [1.807, 2.05) is 122 Å². The molecule has 0 aromatic heterocycles. The Morgan fingerprint density at radius 3 is 1.50 bits per heavy atom. The van der Waals surface area contributed by atoms with Crippen LogP contribution in [0.25, 0.3) is 0 Å². The monoisotopic (exact) mass is 887 g/mol. The molecule has 44 heavy (non-hydrogen) atoms. The van der Waals surface area contributed by atoms with Crippen molar-refractivity contribution in [1.82, 2.24) is 9.80 Å². The molecule has 9 heteroatoms. The van der Waals surface area contributed by atoms with Gasteiger partial charge in [-0.25, -0.2) is 0 Å². The van der Waals surface area contributed by atoms with Crippen molar-refractivity contribution in [2.24, 2.45) is 0 Å². The van der Waals surface area contributed by atoms with Gasteiger partial charge in [-0.3, -0.25) is 14.0 Å². The molecule has 0 saturated heterocycles. The van der Waals surface area contributed by atoms with Gasteiger partial charge in [-0.2, -0.15) is 0 Å². The van der Waals surface area contributed by atoms with Crippen molar-refractivity contribution in [3.05, 3.63) is 138 Å². The predicted molar refractivity (Wildman–Crippen MR) is 192 cm³/mol. The molecular weight excluding hydrogens is 850 g/mol. The van der Waals surface area contributed by atoms with E-state index in [1.165, 1.54) is 5.56 Å². The Morgan fingerprint density at radius 1 is 0.705 bits per heavy atom. The molecule has 2 amide bonds. The molecule has 4 aromatic rings. The molecule has 240 valence electrons. The van der Waals surface area contributed by atoms with Gasteiger partial charge in [0.15, 0.2) is 0 Å². The number of carbonyl (C=O) groups is 2. The van der Waals surface area contributed by atoms with Gasteiger partial charge in [-0.15, -0.1) is 0 Å². The molecule has 2 heterocycles. The van der Waals surface area contributed by atoms with Gasteiger partial charge in [0.05, 0.1) is 19.7 Å². The third-order valence-electron chi connectivity index (χ3n) is 6.36. The first kappa shape index (κ1) is 38.1. The van der Waals surface area contributed by atoms with Crippen molar-refractivity contribution in [2.45, 2.75) is 53.9 Å². The van der Waals surface area contributed by atoms with E-state index < -0.39 is 7.15 Å². The molecule has 2 aliphatic rings. The predicted octanol–water partition coefficient (Wildman–Crippen LogP) is 10.5. The summed E-state index contributed by atoms with van der Waals surface area (Å²) in [4.78, 5) is 28.4. The summed E-state index contributed by atoms with van der Waals surface area (Å²) in [5.74, 6) is 0.264. The summed E-state index contributed by atoms with van der Waals surface area (Å²) >= 11 is 12.2. The Kier molecular flexibility index (Phi) is 19.5. The van der Waals surface area contributed by atoms with Crippen molar-refractivity contribution >= 4 is 64.4 Å². The first-order valence-corrected chi connectivity index (χ1v) is 18.3. The van der Waals surface area contributed by atoms with Gasteiger partial charge in [0.25, 0.3) is 11.8 Å². The molecule has 0 spiro atoms. The molecule has 0 bridgehead atoms. The van der Waals surface area contributed by atoms with Crippen LogP contribution in [0.4, 0.5) is 4.39 Å². The zero-order valence-corrected chi connectivity index (χ0v) is 31.6. The molecule has 0 fully saturated rings. The Hall–Kier alpha value is -2.04. The van der Waals surface area contributed by atoms with Gasteiger partial charge in [-0.1, -0.05) is 113 Å². The molecule has 0 aliphatic carbocycles. The van der Waals surface area contributed by atoms with Gasteiger partial charge < -0.3 is 9.80 Å². The normalized spacial score (nSPS) is 12.2. The fourth-order valence-corrected chi connectivity index (χ4v) is 5.98. The third kappa shape index (κ3) is 11.1. The number of nitrogens with zero attached hydrogens (tertiary/aromatic N) is 2. The van der Waals surface area contributed by atoms with Gasteiger partial charge >= 0.3 is 28.3 Å². The van der Waals surface area contributed by atoms with Crippen LogP contribution in [-0.2, 0) is 40.4 Å². The average Bonchev–Trinajstić information content (AvgIpc) is 3.58. The summed E-state index contributed by atoms with van der Waals surface area (Å²) in [7, 11) is -1.00. The Labute approximate surface area is 301 Å². The fourth-order valence-electron chi connectivity index (χ4n) is 4.61. The van der Waals surface area contributed by atoms with E-state index >= 15 is 0 Å². The SMILES string of the molecule is CC.CC.O=C1c2c(Br)cccc2CN1Cc1ccccc1.O=C1c2c(I)cccc2CN1Cc1ccccc1.[2H]CF.[Cu][Br]. The molecule has 0 unspecified atom stereocenters. The zero-order chi connectivity index (χ0) is 33.8. The van der Waals surface area contributed by atoms with Crippen molar-refractivity contribution in [2.75, 3.05) is 7.15 Å². The van der Waals surface area contributed by atoms with Crippen molar-refractivity contribution < 1.29 is 29.6 Å². The van der Waals surface area contributed by atoms with E-state index in [0.717, 1.165) is 42.4 Å². The molecule has 4 aromatic carbocycles. The number of hydrogen-bond donors (Lipinski definition) is 0. The van der Waals surface area contributed by atoms with Gasteiger partial charge in [-0.05, 0) is 72.9 Å². The second-order valence-electron chi connectivity index (χ2n) is 8.84. The summed E-state index contributed by atoms with van der Waals surface area (Å²) in [6.07, 6.45) is 0. The number of carbonyl (C=O) groups excluding carboxylic acids is 2. The van der Waals surface area contributed by atoms with Crippen LogP contribution in [0, 0.1) is 3.57 Å². The molecule has 4 nitrogen and oxygen atoms in total. The van der Waals surface area contributed by atoms with Crippen LogP contribution >= 0.6 is 52.6 Å². The van der Waals surface area contributed by atoms with E-state index in [1.54, 1.807) is 0 Å². The molecule has 0 saturated carbocycles. The summed E-state index contributed by atoms with van der Waals surface area (Å²) in [6, 6.07) is 32.2.